The van der Waals surface area contributed by atoms with Crippen molar-refractivity contribution in [1.82, 2.24) is 20.4 Å². The maximum atomic E-state index is 4.37. The predicted octanol–water partition coefficient (Wildman–Crippen LogP) is 3.55. The molecule has 0 aromatic heterocycles. The van der Waals surface area contributed by atoms with Gasteiger partial charge in [-0.05, 0) is 73.3 Å². The molecule has 0 amide bonds. The number of nitrogens with one attached hydrogen (secondary N) is 2. The molecule has 0 aromatic rings. The molecule has 156 valence electrons. The summed E-state index contributed by atoms with van der Waals surface area (Å²) in [5, 5.41) is 6.99. The lowest BCUT2D eigenvalue weighted by molar-refractivity contribution is 0.0982. The molecular weight excluding hydrogens is 437 g/mol. The molecule has 26 heavy (non-hydrogen) atoms. The van der Waals surface area contributed by atoms with Crippen LogP contribution in [0.15, 0.2) is 4.99 Å². The largest absolute Gasteiger partial charge is 0.356 e. The Morgan fingerprint density at radius 1 is 0.962 bits per heavy atom. The molecule has 1 saturated heterocycles. The van der Waals surface area contributed by atoms with Crippen LogP contribution < -0.4 is 10.6 Å². The van der Waals surface area contributed by atoms with Gasteiger partial charge in [-0.1, -0.05) is 25.7 Å². The minimum atomic E-state index is 0. The molecule has 1 heterocycles. The van der Waals surface area contributed by atoms with Crippen molar-refractivity contribution in [2.24, 2.45) is 4.99 Å². The van der Waals surface area contributed by atoms with Crippen molar-refractivity contribution in [2.45, 2.75) is 70.8 Å². The van der Waals surface area contributed by atoms with Gasteiger partial charge in [-0.3, -0.25) is 9.89 Å². The van der Waals surface area contributed by atoms with Crippen molar-refractivity contribution in [3.63, 3.8) is 0 Å². The van der Waals surface area contributed by atoms with Crippen molar-refractivity contribution in [1.29, 1.82) is 0 Å². The van der Waals surface area contributed by atoms with Gasteiger partial charge in [-0.2, -0.15) is 0 Å². The molecule has 1 rings (SSSR count). The molecule has 2 N–H and O–H groups in total. The van der Waals surface area contributed by atoms with E-state index in [1.54, 1.807) is 0 Å². The first-order valence-corrected chi connectivity index (χ1v) is 10.3. The minimum absolute atomic E-state index is 0. The van der Waals surface area contributed by atoms with Crippen LogP contribution >= 0.6 is 24.0 Å². The molecule has 0 aliphatic carbocycles. The first kappa shape index (κ1) is 25.9. The highest BCUT2D eigenvalue weighted by Gasteiger charge is 2.27. The summed E-state index contributed by atoms with van der Waals surface area (Å²) in [7, 11) is 6.16. The van der Waals surface area contributed by atoms with E-state index in [4.69, 9.17) is 0 Å². The number of guanidine groups is 1. The SMILES string of the molecule is CN=C(NCCCCCCCN(C)C)NCC(C)(C)N1CCCCC1.I. The highest BCUT2D eigenvalue weighted by Crippen LogP contribution is 2.19. The van der Waals surface area contributed by atoms with Gasteiger partial charge in [0.15, 0.2) is 5.96 Å². The van der Waals surface area contributed by atoms with E-state index in [1.807, 2.05) is 7.05 Å². The van der Waals surface area contributed by atoms with Crippen molar-refractivity contribution < 1.29 is 0 Å². The van der Waals surface area contributed by atoms with Gasteiger partial charge in [0.1, 0.15) is 0 Å². The number of rotatable bonds is 11. The molecular formula is C20H44IN5. The monoisotopic (exact) mass is 481 g/mol. The van der Waals surface area contributed by atoms with Crippen LogP contribution in [0.3, 0.4) is 0 Å². The number of nitrogens with zero attached hydrogens (tertiary/aromatic N) is 3. The lowest BCUT2D eigenvalue weighted by atomic mass is 9.98. The molecule has 0 unspecified atom stereocenters. The third-order valence-corrected chi connectivity index (χ3v) is 5.20. The molecule has 5 nitrogen and oxygen atoms in total. The molecule has 0 saturated carbocycles. The molecule has 0 aromatic carbocycles. The Balaban J connectivity index is 0.00000625. The number of unbranched alkanes of at least 4 members (excludes halogenated alkanes) is 4. The molecule has 6 heteroatoms. The molecule has 0 spiro atoms. The van der Waals surface area contributed by atoms with Gasteiger partial charge in [0.25, 0.3) is 0 Å². The van der Waals surface area contributed by atoms with Crippen LogP contribution in [0.1, 0.15) is 65.2 Å². The summed E-state index contributed by atoms with van der Waals surface area (Å²) >= 11 is 0. The highest BCUT2D eigenvalue weighted by atomic mass is 127. The summed E-state index contributed by atoms with van der Waals surface area (Å²) in [5.74, 6) is 0.942. The van der Waals surface area contributed by atoms with E-state index in [2.05, 4.69) is 53.4 Å². The maximum absolute atomic E-state index is 4.37. The van der Waals surface area contributed by atoms with E-state index in [-0.39, 0.29) is 29.5 Å². The summed E-state index contributed by atoms with van der Waals surface area (Å²) in [6.45, 7) is 10.3. The van der Waals surface area contributed by atoms with Crippen molar-refractivity contribution in [3.05, 3.63) is 0 Å². The zero-order valence-corrected chi connectivity index (χ0v) is 20.3. The summed E-state index contributed by atoms with van der Waals surface area (Å²) in [4.78, 5) is 9.26. The Morgan fingerprint density at radius 3 is 2.19 bits per heavy atom. The molecule has 1 aliphatic heterocycles. The van der Waals surface area contributed by atoms with Gasteiger partial charge < -0.3 is 15.5 Å². The number of piperidine rings is 1. The van der Waals surface area contributed by atoms with Crippen molar-refractivity contribution >= 4 is 29.9 Å². The number of halogens is 1. The van der Waals surface area contributed by atoms with Crippen LogP contribution in [-0.2, 0) is 0 Å². The van der Waals surface area contributed by atoms with E-state index in [0.717, 1.165) is 19.0 Å². The normalized spacial score (nSPS) is 16.5. The van der Waals surface area contributed by atoms with Gasteiger partial charge in [-0.15, -0.1) is 24.0 Å². The lowest BCUT2D eigenvalue weighted by Crippen LogP contribution is -2.54. The molecule has 0 radical (unpaired) electrons. The number of aliphatic imine (C=N–C) groups is 1. The second-order valence-electron chi connectivity index (χ2n) is 8.28. The van der Waals surface area contributed by atoms with E-state index < -0.39 is 0 Å². The fraction of sp³-hybridized carbons (Fsp3) is 0.950. The summed E-state index contributed by atoms with van der Waals surface area (Å²) < 4.78 is 0. The minimum Gasteiger partial charge on any atom is -0.356 e. The van der Waals surface area contributed by atoms with Crippen LogP contribution in [0.25, 0.3) is 0 Å². The number of hydrogen-bond acceptors (Lipinski definition) is 3. The summed E-state index contributed by atoms with van der Waals surface area (Å²) in [5.41, 5.74) is 0.185. The Bertz CT molecular complexity index is 365. The zero-order valence-electron chi connectivity index (χ0n) is 17.9. The van der Waals surface area contributed by atoms with Crippen LogP contribution in [0, 0.1) is 0 Å². The van der Waals surface area contributed by atoms with E-state index in [9.17, 15) is 0 Å². The Hall–Kier alpha value is -0.0800. The standard InChI is InChI=1S/C20H43N5.HI/c1-20(2,25-16-12-9-13-17-25)18-23-19(21-3)22-14-10-7-6-8-11-15-24(4)5;/h6-18H2,1-5H3,(H2,21,22,23);1H. The smallest absolute Gasteiger partial charge is 0.191 e. The van der Waals surface area contributed by atoms with Gasteiger partial charge in [0, 0.05) is 25.7 Å². The third-order valence-electron chi connectivity index (χ3n) is 5.20. The Labute approximate surface area is 179 Å². The highest BCUT2D eigenvalue weighted by molar-refractivity contribution is 14.0. The average Bonchev–Trinajstić information content (AvgIpc) is 2.60. The second kappa shape index (κ2) is 14.9. The van der Waals surface area contributed by atoms with Crippen molar-refractivity contribution in [3.8, 4) is 0 Å². The first-order valence-electron chi connectivity index (χ1n) is 10.3. The van der Waals surface area contributed by atoms with Gasteiger partial charge in [0.2, 0.25) is 0 Å². The molecule has 0 atom stereocenters. The zero-order chi connectivity index (χ0) is 18.5. The van der Waals surface area contributed by atoms with Gasteiger partial charge >= 0.3 is 0 Å². The fourth-order valence-electron chi connectivity index (χ4n) is 3.42. The Kier molecular flexibility index (Phi) is 14.9. The maximum Gasteiger partial charge on any atom is 0.191 e. The van der Waals surface area contributed by atoms with E-state index in [1.165, 1.54) is 71.0 Å². The predicted molar refractivity (Wildman–Crippen MR) is 126 cm³/mol. The van der Waals surface area contributed by atoms with Crippen LogP contribution in [-0.4, -0.2) is 75.2 Å². The summed E-state index contributed by atoms with van der Waals surface area (Å²) in [6, 6.07) is 0. The van der Waals surface area contributed by atoms with Crippen molar-refractivity contribution in [2.75, 3.05) is 53.9 Å². The first-order chi connectivity index (χ1) is 12.0. The van der Waals surface area contributed by atoms with E-state index in [0.29, 0.717) is 0 Å². The van der Waals surface area contributed by atoms with E-state index >= 15 is 0 Å². The average molecular weight is 482 g/mol. The molecule has 1 fully saturated rings. The molecule has 0 bridgehead atoms. The quantitative estimate of drug-likeness (QED) is 0.205. The van der Waals surface area contributed by atoms with Gasteiger partial charge in [-0.25, -0.2) is 0 Å². The summed E-state index contributed by atoms with van der Waals surface area (Å²) in [6.07, 6.45) is 10.6. The van der Waals surface area contributed by atoms with Crippen LogP contribution in [0.4, 0.5) is 0 Å². The fourth-order valence-corrected chi connectivity index (χ4v) is 3.42. The Morgan fingerprint density at radius 2 is 1.58 bits per heavy atom. The molecule has 1 aliphatic rings. The number of likely N-dealkylation sites (tertiary alicyclic amines) is 1. The van der Waals surface area contributed by atoms with Crippen LogP contribution in [0.2, 0.25) is 0 Å². The third kappa shape index (κ3) is 11.6. The number of hydrogen-bond donors (Lipinski definition) is 2. The van der Waals surface area contributed by atoms with Gasteiger partial charge in [0.05, 0.1) is 0 Å². The topological polar surface area (TPSA) is 42.9 Å². The van der Waals surface area contributed by atoms with Crippen LogP contribution in [0.5, 0.6) is 0 Å². The second-order valence-corrected chi connectivity index (χ2v) is 8.28. The lowest BCUT2D eigenvalue weighted by Gasteiger charge is -2.41.